The van der Waals surface area contributed by atoms with Crippen LogP contribution in [0.1, 0.15) is 5.56 Å². The number of H-pyrrole nitrogens is 1. The molecule has 23 heavy (non-hydrogen) atoms. The number of hydrogen-bond acceptors (Lipinski definition) is 5. The number of nitro benzene ring substituents is 1. The van der Waals surface area contributed by atoms with E-state index in [1.165, 1.54) is 25.1 Å². The summed E-state index contributed by atoms with van der Waals surface area (Å²) >= 11 is 0. The van der Waals surface area contributed by atoms with Crippen LogP contribution in [0.4, 0.5) is 11.4 Å². The highest BCUT2D eigenvalue weighted by Gasteiger charge is 2.19. The van der Waals surface area contributed by atoms with Gasteiger partial charge in [-0.1, -0.05) is 0 Å². The molecule has 0 atom stereocenters. The summed E-state index contributed by atoms with van der Waals surface area (Å²) in [5, 5.41) is 18.2. The number of aromatic amines is 1. The molecule has 0 saturated carbocycles. The van der Waals surface area contributed by atoms with Gasteiger partial charge >= 0.3 is 0 Å². The topological polar surface area (TPSA) is 118 Å². The highest BCUT2D eigenvalue weighted by atomic mass is 32.2. The molecule has 0 radical (unpaired) electrons. The van der Waals surface area contributed by atoms with E-state index < -0.39 is 14.9 Å². The van der Waals surface area contributed by atoms with Crippen LogP contribution >= 0.6 is 0 Å². The smallest absolute Gasteiger partial charge is 0.269 e. The third-order valence-corrected chi connectivity index (χ3v) is 4.89. The van der Waals surface area contributed by atoms with Crippen molar-refractivity contribution in [1.82, 2.24) is 10.2 Å². The summed E-state index contributed by atoms with van der Waals surface area (Å²) in [6, 6.07) is 8.60. The van der Waals surface area contributed by atoms with Gasteiger partial charge in [-0.3, -0.25) is 19.9 Å². The minimum Gasteiger partial charge on any atom is -0.280 e. The van der Waals surface area contributed by atoms with Crippen LogP contribution in [-0.4, -0.2) is 23.5 Å². The molecule has 0 spiro atoms. The molecule has 0 fully saturated rings. The quantitative estimate of drug-likeness (QED) is 0.562. The summed E-state index contributed by atoms with van der Waals surface area (Å²) in [6.45, 7) is 1.51. The van der Waals surface area contributed by atoms with Crippen molar-refractivity contribution in [3.8, 4) is 0 Å². The number of anilines is 1. The first kappa shape index (κ1) is 15.0. The Hall–Kier alpha value is -2.94. The molecule has 118 valence electrons. The number of aromatic nitrogens is 2. The van der Waals surface area contributed by atoms with Gasteiger partial charge in [-0.25, -0.2) is 8.42 Å². The maximum atomic E-state index is 12.5. The Labute approximate surface area is 131 Å². The van der Waals surface area contributed by atoms with Crippen molar-refractivity contribution in [3.63, 3.8) is 0 Å². The summed E-state index contributed by atoms with van der Waals surface area (Å²) in [5.41, 5.74) is 1.33. The number of aryl methyl sites for hydroxylation is 1. The van der Waals surface area contributed by atoms with Crippen molar-refractivity contribution in [2.45, 2.75) is 11.8 Å². The first-order valence-corrected chi connectivity index (χ1v) is 8.06. The Morgan fingerprint density at radius 2 is 2.00 bits per heavy atom. The van der Waals surface area contributed by atoms with E-state index in [9.17, 15) is 18.5 Å². The van der Waals surface area contributed by atoms with Crippen LogP contribution in [0.25, 0.3) is 10.9 Å². The minimum atomic E-state index is -3.84. The highest BCUT2D eigenvalue weighted by molar-refractivity contribution is 7.92. The number of nitrogens with one attached hydrogen (secondary N) is 2. The fourth-order valence-electron chi connectivity index (χ4n) is 2.26. The second-order valence-corrected chi connectivity index (χ2v) is 6.64. The van der Waals surface area contributed by atoms with Crippen molar-refractivity contribution in [2.75, 3.05) is 4.72 Å². The van der Waals surface area contributed by atoms with Crippen molar-refractivity contribution in [3.05, 3.63) is 58.3 Å². The average Bonchev–Trinajstić information content (AvgIpc) is 2.93. The zero-order chi connectivity index (χ0) is 16.6. The maximum absolute atomic E-state index is 12.5. The number of sulfonamides is 1. The molecule has 0 saturated heterocycles. The van der Waals surface area contributed by atoms with Gasteiger partial charge in [0.1, 0.15) is 0 Å². The fourth-order valence-corrected chi connectivity index (χ4v) is 3.54. The van der Waals surface area contributed by atoms with Gasteiger partial charge in [0.15, 0.2) is 0 Å². The van der Waals surface area contributed by atoms with Crippen LogP contribution in [-0.2, 0) is 10.0 Å². The Morgan fingerprint density at radius 3 is 2.70 bits per heavy atom. The lowest BCUT2D eigenvalue weighted by Crippen LogP contribution is -2.14. The lowest BCUT2D eigenvalue weighted by Gasteiger charge is -2.10. The second kappa shape index (κ2) is 5.36. The summed E-state index contributed by atoms with van der Waals surface area (Å²) in [7, 11) is -3.84. The Kier molecular flexibility index (Phi) is 3.49. The first-order chi connectivity index (χ1) is 10.9. The standard InChI is InChI=1S/C14H12N4O4S/c1-9-6-12(18(19)20)3-5-14(9)23(21,22)17-11-2-4-13-10(7-11)8-15-16-13/h2-8,17H,1H3,(H,15,16). The molecule has 2 N–H and O–H groups in total. The molecule has 1 aromatic heterocycles. The van der Waals surface area contributed by atoms with Gasteiger partial charge in [0, 0.05) is 23.2 Å². The predicted molar refractivity (Wildman–Crippen MR) is 84.7 cm³/mol. The van der Waals surface area contributed by atoms with Crippen LogP contribution < -0.4 is 4.72 Å². The predicted octanol–water partition coefficient (Wildman–Crippen LogP) is 2.58. The summed E-state index contributed by atoms with van der Waals surface area (Å²) in [6.07, 6.45) is 1.59. The number of nitrogens with zero attached hydrogens (tertiary/aromatic N) is 2. The summed E-state index contributed by atoms with van der Waals surface area (Å²) in [5.74, 6) is 0. The van der Waals surface area contributed by atoms with Gasteiger partial charge in [0.05, 0.1) is 21.5 Å². The van der Waals surface area contributed by atoms with E-state index in [0.717, 1.165) is 10.9 Å². The Balaban J connectivity index is 1.96. The van der Waals surface area contributed by atoms with Crippen LogP contribution in [0.3, 0.4) is 0 Å². The van der Waals surface area contributed by atoms with Crippen LogP contribution in [0.5, 0.6) is 0 Å². The largest absolute Gasteiger partial charge is 0.280 e. The average molecular weight is 332 g/mol. The molecule has 0 aliphatic carbocycles. The molecule has 0 bridgehead atoms. The second-order valence-electron chi connectivity index (χ2n) is 4.98. The van der Waals surface area contributed by atoms with Crippen LogP contribution in [0, 0.1) is 17.0 Å². The van der Waals surface area contributed by atoms with Crippen molar-refractivity contribution in [1.29, 1.82) is 0 Å². The lowest BCUT2D eigenvalue weighted by atomic mass is 10.2. The molecule has 0 amide bonds. The van der Waals surface area contributed by atoms with E-state index in [2.05, 4.69) is 14.9 Å². The SMILES string of the molecule is Cc1cc([N+](=O)[O-])ccc1S(=O)(=O)Nc1ccc2[nH]ncc2c1. The van der Waals surface area contributed by atoms with Gasteiger partial charge in [-0.15, -0.1) is 0 Å². The van der Waals surface area contributed by atoms with E-state index in [1.807, 2.05) is 0 Å². The Bertz CT molecular complexity index is 1010. The number of rotatable bonds is 4. The normalized spacial score (nSPS) is 11.5. The van der Waals surface area contributed by atoms with Crippen molar-refractivity contribution in [2.24, 2.45) is 0 Å². The van der Waals surface area contributed by atoms with Crippen LogP contribution in [0.2, 0.25) is 0 Å². The number of non-ortho nitro benzene ring substituents is 1. The zero-order valence-corrected chi connectivity index (χ0v) is 12.8. The number of fused-ring (bicyclic) bond motifs is 1. The molecule has 9 heteroatoms. The summed E-state index contributed by atoms with van der Waals surface area (Å²) < 4.78 is 27.4. The van der Waals surface area contributed by atoms with Crippen molar-refractivity contribution < 1.29 is 13.3 Å². The third kappa shape index (κ3) is 2.86. The van der Waals surface area contributed by atoms with Gasteiger partial charge < -0.3 is 0 Å². The molecule has 3 aromatic rings. The third-order valence-electron chi connectivity index (χ3n) is 3.35. The van der Waals surface area contributed by atoms with Gasteiger partial charge in [-0.2, -0.15) is 5.10 Å². The number of nitro groups is 1. The monoisotopic (exact) mass is 332 g/mol. The van der Waals surface area contributed by atoms with E-state index in [-0.39, 0.29) is 10.6 Å². The van der Waals surface area contributed by atoms with E-state index in [4.69, 9.17) is 0 Å². The molecule has 0 aliphatic rings. The lowest BCUT2D eigenvalue weighted by molar-refractivity contribution is -0.385. The zero-order valence-electron chi connectivity index (χ0n) is 12.0. The molecular formula is C14H12N4O4S. The van der Waals surface area contributed by atoms with E-state index in [0.29, 0.717) is 11.3 Å². The molecule has 1 heterocycles. The van der Waals surface area contributed by atoms with E-state index in [1.54, 1.807) is 24.4 Å². The maximum Gasteiger partial charge on any atom is 0.269 e. The Morgan fingerprint density at radius 1 is 1.22 bits per heavy atom. The van der Waals surface area contributed by atoms with Gasteiger partial charge in [0.25, 0.3) is 15.7 Å². The minimum absolute atomic E-state index is 0.00427. The molecule has 8 nitrogen and oxygen atoms in total. The number of hydrogen-bond donors (Lipinski definition) is 2. The molecule has 0 aliphatic heterocycles. The molecule has 0 unspecified atom stereocenters. The summed E-state index contributed by atoms with van der Waals surface area (Å²) in [4.78, 5) is 10.2. The van der Waals surface area contributed by atoms with Gasteiger partial charge in [0.2, 0.25) is 0 Å². The van der Waals surface area contributed by atoms with Crippen LogP contribution in [0.15, 0.2) is 47.5 Å². The van der Waals surface area contributed by atoms with E-state index >= 15 is 0 Å². The van der Waals surface area contributed by atoms with Gasteiger partial charge in [-0.05, 0) is 36.8 Å². The fraction of sp³-hybridized carbons (Fsp3) is 0.0714. The molecular weight excluding hydrogens is 320 g/mol. The number of benzene rings is 2. The molecule has 3 rings (SSSR count). The molecule has 2 aromatic carbocycles. The first-order valence-electron chi connectivity index (χ1n) is 6.58. The van der Waals surface area contributed by atoms with Crippen molar-refractivity contribution >= 4 is 32.3 Å². The highest BCUT2D eigenvalue weighted by Crippen LogP contribution is 2.24.